The number of aromatic nitrogens is 1. The molecule has 2 aromatic rings. The molecule has 0 radical (unpaired) electrons. The van der Waals surface area contributed by atoms with Crippen LogP contribution in [0.1, 0.15) is 6.92 Å². The highest BCUT2D eigenvalue weighted by molar-refractivity contribution is 6.29. The first-order valence-electron chi connectivity index (χ1n) is 6.01. The van der Waals surface area contributed by atoms with E-state index in [9.17, 15) is 14.5 Å². The normalized spacial score (nSPS) is 10.2. The van der Waals surface area contributed by atoms with Crippen molar-refractivity contribution in [1.29, 1.82) is 0 Å². The Morgan fingerprint density at radius 3 is 2.81 bits per heavy atom. The van der Waals surface area contributed by atoms with Crippen molar-refractivity contribution in [3.05, 3.63) is 51.4 Å². The standard InChI is InChI=1S/C13H11ClFN3O3/c1-2-21-11-4-3-8(5-10(11)15)16-13-7-9(18(19)20)6-12(14)17-13/h3-7H,2H2,1H3,(H,16,17). The fourth-order valence-electron chi connectivity index (χ4n) is 1.65. The monoisotopic (exact) mass is 311 g/mol. The van der Waals surface area contributed by atoms with Crippen molar-refractivity contribution < 1.29 is 14.1 Å². The number of anilines is 2. The fourth-order valence-corrected chi connectivity index (χ4v) is 1.85. The van der Waals surface area contributed by atoms with Crippen LogP contribution in [0.4, 0.5) is 21.6 Å². The molecular weight excluding hydrogens is 301 g/mol. The summed E-state index contributed by atoms with van der Waals surface area (Å²) in [6.07, 6.45) is 0. The highest BCUT2D eigenvalue weighted by Gasteiger charge is 2.11. The first kappa shape index (κ1) is 15.0. The van der Waals surface area contributed by atoms with E-state index in [1.807, 2.05) is 0 Å². The summed E-state index contributed by atoms with van der Waals surface area (Å²) in [6, 6.07) is 6.58. The van der Waals surface area contributed by atoms with E-state index in [0.717, 1.165) is 6.07 Å². The lowest BCUT2D eigenvalue weighted by molar-refractivity contribution is -0.384. The van der Waals surface area contributed by atoms with E-state index in [1.165, 1.54) is 18.2 Å². The van der Waals surface area contributed by atoms with Crippen LogP contribution in [0.25, 0.3) is 0 Å². The lowest BCUT2D eigenvalue weighted by Crippen LogP contribution is -1.99. The number of nitrogens with zero attached hydrogens (tertiary/aromatic N) is 2. The van der Waals surface area contributed by atoms with E-state index in [-0.39, 0.29) is 22.4 Å². The van der Waals surface area contributed by atoms with Crippen molar-refractivity contribution in [1.82, 2.24) is 4.98 Å². The fraction of sp³-hybridized carbons (Fsp3) is 0.154. The third-order valence-electron chi connectivity index (χ3n) is 2.49. The van der Waals surface area contributed by atoms with Crippen LogP contribution in [0.3, 0.4) is 0 Å². The van der Waals surface area contributed by atoms with Gasteiger partial charge < -0.3 is 10.1 Å². The van der Waals surface area contributed by atoms with Gasteiger partial charge in [0.2, 0.25) is 0 Å². The van der Waals surface area contributed by atoms with Gasteiger partial charge in [-0.15, -0.1) is 0 Å². The summed E-state index contributed by atoms with van der Waals surface area (Å²) in [5, 5.41) is 13.5. The summed E-state index contributed by atoms with van der Waals surface area (Å²) in [4.78, 5) is 14.1. The van der Waals surface area contributed by atoms with E-state index in [1.54, 1.807) is 13.0 Å². The van der Waals surface area contributed by atoms with E-state index < -0.39 is 10.7 Å². The molecular formula is C13H11ClFN3O3. The average Bonchev–Trinajstić information content (AvgIpc) is 2.41. The Bertz CT molecular complexity index is 682. The first-order chi connectivity index (χ1) is 9.99. The number of benzene rings is 1. The van der Waals surface area contributed by atoms with Gasteiger partial charge in [0.15, 0.2) is 11.6 Å². The summed E-state index contributed by atoms with van der Waals surface area (Å²) in [5.41, 5.74) is 0.170. The summed E-state index contributed by atoms with van der Waals surface area (Å²) >= 11 is 5.71. The molecule has 0 bridgehead atoms. The second-order valence-electron chi connectivity index (χ2n) is 3.99. The van der Waals surface area contributed by atoms with Crippen LogP contribution in [0.5, 0.6) is 5.75 Å². The van der Waals surface area contributed by atoms with Crippen LogP contribution >= 0.6 is 11.6 Å². The number of hydrogen-bond donors (Lipinski definition) is 1. The van der Waals surface area contributed by atoms with Gasteiger partial charge in [0.1, 0.15) is 11.0 Å². The Morgan fingerprint density at radius 1 is 1.43 bits per heavy atom. The Morgan fingerprint density at radius 2 is 2.19 bits per heavy atom. The number of halogens is 2. The van der Waals surface area contributed by atoms with Gasteiger partial charge in [0, 0.05) is 11.8 Å². The largest absolute Gasteiger partial charge is 0.491 e. The van der Waals surface area contributed by atoms with Gasteiger partial charge in [-0.3, -0.25) is 10.1 Å². The molecule has 1 heterocycles. The van der Waals surface area contributed by atoms with Crippen molar-refractivity contribution in [2.45, 2.75) is 6.92 Å². The molecule has 21 heavy (non-hydrogen) atoms. The van der Waals surface area contributed by atoms with Gasteiger partial charge in [-0.05, 0) is 19.1 Å². The summed E-state index contributed by atoms with van der Waals surface area (Å²) < 4.78 is 18.8. The van der Waals surface area contributed by atoms with E-state index in [0.29, 0.717) is 12.3 Å². The third-order valence-corrected chi connectivity index (χ3v) is 2.69. The van der Waals surface area contributed by atoms with E-state index in [2.05, 4.69) is 10.3 Å². The van der Waals surface area contributed by atoms with Crippen molar-refractivity contribution >= 4 is 28.8 Å². The van der Waals surface area contributed by atoms with Crippen molar-refractivity contribution in [3.63, 3.8) is 0 Å². The second-order valence-corrected chi connectivity index (χ2v) is 4.38. The molecule has 110 valence electrons. The van der Waals surface area contributed by atoms with Crippen molar-refractivity contribution in [2.24, 2.45) is 0 Å². The molecule has 8 heteroatoms. The van der Waals surface area contributed by atoms with Crippen LogP contribution in [0.15, 0.2) is 30.3 Å². The van der Waals surface area contributed by atoms with Crippen LogP contribution < -0.4 is 10.1 Å². The van der Waals surface area contributed by atoms with Gasteiger partial charge in [-0.1, -0.05) is 11.6 Å². The van der Waals surface area contributed by atoms with Crippen LogP contribution in [0, 0.1) is 15.9 Å². The minimum Gasteiger partial charge on any atom is -0.491 e. The zero-order valence-electron chi connectivity index (χ0n) is 11.0. The van der Waals surface area contributed by atoms with Crippen molar-refractivity contribution in [3.8, 4) is 5.75 Å². The van der Waals surface area contributed by atoms with Gasteiger partial charge in [-0.25, -0.2) is 9.37 Å². The Balaban J connectivity index is 2.26. The number of nitro groups is 1. The minimum atomic E-state index is -0.586. The summed E-state index contributed by atoms with van der Waals surface area (Å²) in [5.74, 6) is -0.260. The number of rotatable bonds is 5. The molecule has 0 aliphatic carbocycles. The Hall–Kier alpha value is -2.41. The minimum absolute atomic E-state index is 0.0295. The number of hydrogen-bond acceptors (Lipinski definition) is 5. The lowest BCUT2D eigenvalue weighted by Gasteiger charge is -2.09. The third kappa shape index (κ3) is 3.79. The van der Waals surface area contributed by atoms with Gasteiger partial charge >= 0.3 is 0 Å². The second kappa shape index (κ2) is 6.36. The highest BCUT2D eigenvalue weighted by atomic mass is 35.5. The van der Waals surface area contributed by atoms with Crippen LogP contribution in [0.2, 0.25) is 5.15 Å². The molecule has 0 unspecified atom stereocenters. The average molecular weight is 312 g/mol. The molecule has 6 nitrogen and oxygen atoms in total. The maximum absolute atomic E-state index is 13.7. The molecule has 2 rings (SSSR count). The SMILES string of the molecule is CCOc1ccc(Nc2cc([N+](=O)[O-])cc(Cl)n2)cc1F. The van der Waals surface area contributed by atoms with Crippen molar-refractivity contribution in [2.75, 3.05) is 11.9 Å². The van der Waals surface area contributed by atoms with Crippen LogP contribution in [-0.2, 0) is 0 Å². The molecule has 1 N–H and O–H groups in total. The smallest absolute Gasteiger partial charge is 0.276 e. The topological polar surface area (TPSA) is 77.3 Å². The highest BCUT2D eigenvalue weighted by Crippen LogP contribution is 2.26. The predicted octanol–water partition coefficient (Wildman–Crippen LogP) is 3.92. The number of ether oxygens (including phenoxy) is 1. The lowest BCUT2D eigenvalue weighted by atomic mass is 10.3. The quantitative estimate of drug-likeness (QED) is 0.514. The Kier molecular flexibility index (Phi) is 4.54. The molecule has 0 saturated heterocycles. The number of pyridine rings is 1. The molecule has 0 spiro atoms. The zero-order chi connectivity index (χ0) is 15.4. The zero-order valence-corrected chi connectivity index (χ0v) is 11.7. The maximum Gasteiger partial charge on any atom is 0.276 e. The van der Waals surface area contributed by atoms with Gasteiger partial charge in [0.25, 0.3) is 5.69 Å². The summed E-state index contributed by atoms with van der Waals surface area (Å²) in [7, 11) is 0. The molecule has 0 fully saturated rings. The molecule has 0 aliphatic rings. The maximum atomic E-state index is 13.7. The van der Waals surface area contributed by atoms with Gasteiger partial charge in [0.05, 0.1) is 23.7 Å². The molecule has 0 amide bonds. The molecule has 1 aromatic heterocycles. The van der Waals surface area contributed by atoms with E-state index >= 15 is 0 Å². The predicted molar refractivity (Wildman–Crippen MR) is 76.8 cm³/mol. The number of nitrogens with one attached hydrogen (secondary N) is 1. The molecule has 1 aromatic carbocycles. The molecule has 0 aliphatic heterocycles. The molecule has 0 saturated carbocycles. The summed E-state index contributed by atoms with van der Waals surface area (Å²) in [6.45, 7) is 2.10. The molecule has 0 atom stereocenters. The van der Waals surface area contributed by atoms with Crippen LogP contribution in [-0.4, -0.2) is 16.5 Å². The first-order valence-corrected chi connectivity index (χ1v) is 6.38. The Labute approximate surface area is 124 Å². The van der Waals surface area contributed by atoms with Gasteiger partial charge in [-0.2, -0.15) is 0 Å². The van der Waals surface area contributed by atoms with E-state index in [4.69, 9.17) is 16.3 Å².